The molecule has 0 bridgehead atoms. The zero-order valence-corrected chi connectivity index (χ0v) is 8.80. The smallest absolute Gasteiger partial charge is 0.100 e. The van der Waals surface area contributed by atoms with Crippen molar-refractivity contribution >= 4 is 11.6 Å². The van der Waals surface area contributed by atoms with Gasteiger partial charge >= 0.3 is 0 Å². The van der Waals surface area contributed by atoms with E-state index in [4.69, 9.17) is 21.1 Å². The third kappa shape index (κ3) is 2.00. The second-order valence-electron chi connectivity index (χ2n) is 3.90. The molecule has 0 aliphatic heterocycles. The van der Waals surface area contributed by atoms with Gasteiger partial charge < -0.3 is 9.47 Å². The van der Waals surface area contributed by atoms with Crippen molar-refractivity contribution in [3.8, 4) is 0 Å². The van der Waals surface area contributed by atoms with Crippen LogP contribution in [0, 0.1) is 0 Å². The van der Waals surface area contributed by atoms with Crippen molar-refractivity contribution in [3.63, 3.8) is 0 Å². The Balaban J connectivity index is 1.73. The molecule has 2 aliphatic rings. The minimum absolute atomic E-state index is 0.146. The van der Waals surface area contributed by atoms with Crippen molar-refractivity contribution < 1.29 is 9.47 Å². The fourth-order valence-electron chi connectivity index (χ4n) is 1.82. The van der Waals surface area contributed by atoms with Crippen molar-refractivity contribution in [1.29, 1.82) is 0 Å². The van der Waals surface area contributed by atoms with Crippen molar-refractivity contribution in [2.45, 2.75) is 56.3 Å². The van der Waals surface area contributed by atoms with Gasteiger partial charge in [-0.15, -0.1) is 11.6 Å². The third-order valence-electron chi connectivity index (χ3n) is 2.96. The Bertz CT molecular complexity index is 170. The van der Waals surface area contributed by atoms with Crippen LogP contribution in [-0.4, -0.2) is 30.3 Å². The first-order chi connectivity index (χ1) is 6.31. The second-order valence-corrected chi connectivity index (χ2v) is 4.46. The molecule has 0 amide bonds. The fourth-order valence-corrected chi connectivity index (χ4v) is 2.23. The molecule has 0 heterocycles. The maximum Gasteiger partial charge on any atom is 0.100 e. The monoisotopic (exact) mass is 204 g/mol. The second kappa shape index (κ2) is 4.16. The highest BCUT2D eigenvalue weighted by Crippen LogP contribution is 2.35. The van der Waals surface area contributed by atoms with Crippen LogP contribution < -0.4 is 0 Å². The summed E-state index contributed by atoms with van der Waals surface area (Å²) in [7, 11) is 0. The lowest BCUT2D eigenvalue weighted by atomic mass is 9.89. The summed E-state index contributed by atoms with van der Waals surface area (Å²) in [5.41, 5.74) is 0. The molecule has 2 aliphatic carbocycles. The molecule has 3 atom stereocenters. The van der Waals surface area contributed by atoms with Crippen molar-refractivity contribution in [2.75, 3.05) is 6.61 Å². The molecule has 0 N–H and O–H groups in total. The van der Waals surface area contributed by atoms with Gasteiger partial charge in [-0.05, 0) is 32.6 Å². The SMILES string of the molecule is CCOC1C(Cl)CC1OC1CCC1. The van der Waals surface area contributed by atoms with E-state index in [0.717, 1.165) is 13.0 Å². The highest BCUT2D eigenvalue weighted by Gasteiger charge is 2.43. The molecule has 2 saturated carbocycles. The van der Waals surface area contributed by atoms with Gasteiger partial charge in [-0.1, -0.05) is 0 Å². The maximum absolute atomic E-state index is 6.03. The Morgan fingerprint density at radius 3 is 2.62 bits per heavy atom. The summed E-state index contributed by atoms with van der Waals surface area (Å²) < 4.78 is 11.4. The number of alkyl halides is 1. The normalized spacial score (nSPS) is 39.7. The Kier molecular flexibility index (Phi) is 3.12. The lowest BCUT2D eigenvalue weighted by molar-refractivity contribution is -0.160. The topological polar surface area (TPSA) is 18.5 Å². The van der Waals surface area contributed by atoms with Crippen LogP contribution in [0.15, 0.2) is 0 Å². The summed E-state index contributed by atoms with van der Waals surface area (Å²) in [6.07, 6.45) is 5.64. The molecule has 0 aromatic heterocycles. The van der Waals surface area contributed by atoms with E-state index < -0.39 is 0 Å². The van der Waals surface area contributed by atoms with Gasteiger partial charge in [0.15, 0.2) is 0 Å². The zero-order chi connectivity index (χ0) is 9.26. The first kappa shape index (κ1) is 9.75. The van der Waals surface area contributed by atoms with Gasteiger partial charge in [0.05, 0.1) is 17.6 Å². The molecule has 2 nitrogen and oxygen atoms in total. The van der Waals surface area contributed by atoms with E-state index in [2.05, 4.69) is 0 Å². The zero-order valence-electron chi connectivity index (χ0n) is 8.04. The van der Waals surface area contributed by atoms with E-state index in [1.807, 2.05) is 6.92 Å². The molecular formula is C10H17ClO2. The third-order valence-corrected chi connectivity index (χ3v) is 3.39. The van der Waals surface area contributed by atoms with Gasteiger partial charge in [-0.25, -0.2) is 0 Å². The van der Waals surface area contributed by atoms with Gasteiger partial charge in [-0.2, -0.15) is 0 Å². The molecule has 2 rings (SSSR count). The molecule has 2 fully saturated rings. The molecule has 0 radical (unpaired) electrons. The van der Waals surface area contributed by atoms with Gasteiger partial charge in [0.25, 0.3) is 0 Å². The fraction of sp³-hybridized carbons (Fsp3) is 1.00. The summed E-state index contributed by atoms with van der Waals surface area (Å²) in [5.74, 6) is 0. The predicted molar refractivity (Wildman–Crippen MR) is 52.2 cm³/mol. The lowest BCUT2D eigenvalue weighted by Gasteiger charge is -2.43. The van der Waals surface area contributed by atoms with Crippen LogP contribution in [0.4, 0.5) is 0 Å². The number of hydrogen-bond acceptors (Lipinski definition) is 2. The lowest BCUT2D eigenvalue weighted by Crippen LogP contribution is -2.52. The minimum atomic E-state index is 0.146. The van der Waals surface area contributed by atoms with Gasteiger partial charge in [0.2, 0.25) is 0 Å². The highest BCUT2D eigenvalue weighted by atomic mass is 35.5. The summed E-state index contributed by atoms with van der Waals surface area (Å²) >= 11 is 6.03. The molecule has 0 saturated heterocycles. The standard InChI is InChI=1S/C10H17ClO2/c1-2-12-10-8(11)6-9(10)13-7-4-3-5-7/h7-10H,2-6H2,1H3. The molecule has 0 aromatic rings. The summed E-state index contributed by atoms with van der Waals surface area (Å²) in [4.78, 5) is 0. The van der Waals surface area contributed by atoms with E-state index >= 15 is 0 Å². The van der Waals surface area contributed by atoms with Crippen molar-refractivity contribution in [1.82, 2.24) is 0 Å². The van der Waals surface area contributed by atoms with E-state index in [9.17, 15) is 0 Å². The van der Waals surface area contributed by atoms with Crippen LogP contribution in [0.25, 0.3) is 0 Å². The van der Waals surface area contributed by atoms with E-state index in [0.29, 0.717) is 6.10 Å². The predicted octanol–water partition coefficient (Wildman–Crippen LogP) is 2.34. The van der Waals surface area contributed by atoms with E-state index in [1.54, 1.807) is 0 Å². The largest absolute Gasteiger partial charge is 0.374 e. The Morgan fingerprint density at radius 2 is 2.15 bits per heavy atom. The van der Waals surface area contributed by atoms with Crippen molar-refractivity contribution in [3.05, 3.63) is 0 Å². The average Bonchev–Trinajstić information content (AvgIpc) is 2.04. The molecular weight excluding hydrogens is 188 g/mol. The molecule has 0 aromatic carbocycles. The van der Waals surface area contributed by atoms with Crippen LogP contribution in [0.3, 0.4) is 0 Å². The Morgan fingerprint density at radius 1 is 1.38 bits per heavy atom. The highest BCUT2D eigenvalue weighted by molar-refractivity contribution is 6.21. The van der Waals surface area contributed by atoms with Crippen LogP contribution >= 0.6 is 11.6 Å². The van der Waals surface area contributed by atoms with Gasteiger partial charge in [0.1, 0.15) is 6.10 Å². The molecule has 3 unspecified atom stereocenters. The first-order valence-corrected chi connectivity index (χ1v) is 5.66. The number of halogens is 1. The summed E-state index contributed by atoms with van der Waals surface area (Å²) in [5, 5.41) is 0.171. The quantitative estimate of drug-likeness (QED) is 0.655. The minimum Gasteiger partial charge on any atom is -0.374 e. The number of hydrogen-bond donors (Lipinski definition) is 0. The number of ether oxygens (including phenoxy) is 2. The van der Waals surface area contributed by atoms with Gasteiger partial charge in [-0.3, -0.25) is 0 Å². The average molecular weight is 205 g/mol. The van der Waals surface area contributed by atoms with Crippen LogP contribution in [0.2, 0.25) is 0 Å². The van der Waals surface area contributed by atoms with Crippen LogP contribution in [0.1, 0.15) is 32.6 Å². The molecule has 13 heavy (non-hydrogen) atoms. The van der Waals surface area contributed by atoms with Crippen molar-refractivity contribution in [2.24, 2.45) is 0 Å². The van der Waals surface area contributed by atoms with Gasteiger partial charge in [0, 0.05) is 6.61 Å². The summed E-state index contributed by atoms with van der Waals surface area (Å²) in [6, 6.07) is 0. The van der Waals surface area contributed by atoms with Crippen LogP contribution in [0.5, 0.6) is 0 Å². The van der Waals surface area contributed by atoms with E-state index in [1.165, 1.54) is 19.3 Å². The Labute approximate surface area is 84.5 Å². The van der Waals surface area contributed by atoms with E-state index in [-0.39, 0.29) is 17.6 Å². The summed E-state index contributed by atoms with van der Waals surface area (Å²) in [6.45, 7) is 2.74. The van der Waals surface area contributed by atoms with Crippen LogP contribution in [-0.2, 0) is 9.47 Å². The molecule has 76 valence electrons. The number of rotatable bonds is 4. The first-order valence-electron chi connectivity index (χ1n) is 5.22. The molecule has 3 heteroatoms. The maximum atomic E-state index is 6.03. The Hall–Kier alpha value is 0.210. The molecule has 0 spiro atoms.